The fourth-order valence-corrected chi connectivity index (χ4v) is 10.8. The monoisotopic (exact) mass is 955 g/mol. The molecule has 9 rings (SSSR count). The van der Waals surface area contributed by atoms with Crippen molar-refractivity contribution in [1.82, 2.24) is 38.8 Å². The molecule has 3 aromatic carbocycles. The smallest absolute Gasteiger partial charge is 0.329 e. The number of benzene rings is 3. The summed E-state index contributed by atoms with van der Waals surface area (Å²) in [5, 5.41) is 17.4. The number of carbonyl (C=O) groups excluding carboxylic acids is 3. The second-order valence-electron chi connectivity index (χ2n) is 18.3. The van der Waals surface area contributed by atoms with E-state index in [1.54, 1.807) is 24.7 Å². The third-order valence-electron chi connectivity index (χ3n) is 13.9. The highest BCUT2D eigenvalue weighted by Crippen LogP contribution is 2.44. The summed E-state index contributed by atoms with van der Waals surface area (Å²) in [6.45, 7) is 6.50. The molecule has 4 amide bonds. The lowest BCUT2D eigenvalue weighted by Crippen LogP contribution is -2.50. The molecule has 6 heterocycles. The molecule has 0 radical (unpaired) electrons. The summed E-state index contributed by atoms with van der Waals surface area (Å²) >= 11 is 0. The zero-order valence-electron chi connectivity index (χ0n) is 38.1. The Bertz CT molecular complexity index is 3090. The summed E-state index contributed by atoms with van der Waals surface area (Å²) in [6, 6.07) is 11.0. The van der Waals surface area contributed by atoms with E-state index in [1.807, 2.05) is 17.9 Å². The maximum absolute atomic E-state index is 15.8. The molecular weight excluding hydrogens is 905 g/mol. The number of hydrogen-bond acceptors (Lipinski definition) is 12. The van der Waals surface area contributed by atoms with E-state index >= 15 is 8.78 Å². The first-order chi connectivity index (χ1) is 32.4. The van der Waals surface area contributed by atoms with Crippen LogP contribution < -0.4 is 25.2 Å². The predicted octanol–water partition coefficient (Wildman–Crippen LogP) is 4.66. The Balaban J connectivity index is 0.815. The van der Waals surface area contributed by atoms with Gasteiger partial charge in [-0.1, -0.05) is 6.92 Å². The van der Waals surface area contributed by atoms with Crippen LogP contribution in [0.1, 0.15) is 69.4 Å². The summed E-state index contributed by atoms with van der Waals surface area (Å²) in [6.07, 6.45) is 4.54. The molecule has 1 spiro atoms. The number of halogens is 2. The molecule has 1 atom stereocenters. The van der Waals surface area contributed by atoms with Crippen LogP contribution >= 0.6 is 0 Å². The van der Waals surface area contributed by atoms with Crippen LogP contribution in [0.4, 0.5) is 25.1 Å². The van der Waals surface area contributed by atoms with Crippen LogP contribution in [0.2, 0.25) is 0 Å². The van der Waals surface area contributed by atoms with E-state index < -0.39 is 38.9 Å². The predicted molar refractivity (Wildman–Crippen MR) is 245 cm³/mol. The Labute approximate surface area is 390 Å². The highest BCUT2D eigenvalue weighted by atomic mass is 32.2. The fourth-order valence-electron chi connectivity index (χ4n) is 9.90. The Kier molecular flexibility index (Phi) is 12.2. The lowest BCUT2D eigenvalue weighted by Gasteiger charge is -2.40. The standard InChI is InChI=1S/C46H51F2N11O8S/c1-5-54(3)68(64,65)53-37-9-7-34(47)41(33(37)23-49)67-29-6-8-36-31(20-29)43(62)59(27-50-36)45(2)25-46(66-26-45)13-18-57(19-14-46)40(61)24-56-15-10-28(11-16-56)30-22-38-32(21-35(30)48)42(52-55(38)4)58-17-12-39(60)51-44(58)63/h6-9,20-22,27-28,53H,5,10-19,24-26H2,1-4H3,(H,51,60,63). The van der Waals surface area contributed by atoms with Gasteiger partial charge in [0.15, 0.2) is 17.4 Å². The van der Waals surface area contributed by atoms with Gasteiger partial charge in [0.2, 0.25) is 11.8 Å². The summed E-state index contributed by atoms with van der Waals surface area (Å²) < 4.78 is 75.2. The normalized spacial score (nSPS) is 20.4. The van der Waals surface area contributed by atoms with Crippen LogP contribution in [-0.4, -0.2) is 125 Å². The van der Waals surface area contributed by atoms with Crippen LogP contribution in [0.3, 0.4) is 0 Å². The average Bonchev–Trinajstić information content (AvgIpc) is 3.81. The maximum atomic E-state index is 15.8. The summed E-state index contributed by atoms with van der Waals surface area (Å²) in [4.78, 5) is 61.9. The molecule has 68 heavy (non-hydrogen) atoms. The quantitative estimate of drug-likeness (QED) is 0.185. The molecule has 0 aliphatic carbocycles. The van der Waals surface area contributed by atoms with Gasteiger partial charge in [-0.3, -0.25) is 43.5 Å². The number of nitrogens with zero attached hydrogens (tertiary/aromatic N) is 9. The summed E-state index contributed by atoms with van der Waals surface area (Å²) in [5.74, 6) is -1.92. The van der Waals surface area contributed by atoms with Crippen molar-refractivity contribution in [3.63, 3.8) is 0 Å². The van der Waals surface area contributed by atoms with E-state index in [0.29, 0.717) is 86.1 Å². The molecule has 2 N–H and O–H groups in total. The molecule has 4 aliphatic rings. The number of carbonyl (C=O) groups is 3. The van der Waals surface area contributed by atoms with Crippen molar-refractivity contribution in [2.24, 2.45) is 7.05 Å². The number of nitrogens with one attached hydrogen (secondary N) is 2. The lowest BCUT2D eigenvalue weighted by atomic mass is 9.82. The molecule has 4 aliphatic heterocycles. The third-order valence-corrected chi connectivity index (χ3v) is 15.5. The number of fused-ring (bicyclic) bond motifs is 2. The number of imide groups is 1. The minimum atomic E-state index is -4.04. The first kappa shape index (κ1) is 46.6. The van der Waals surface area contributed by atoms with Crippen molar-refractivity contribution in [2.45, 2.75) is 69.4 Å². The second-order valence-corrected chi connectivity index (χ2v) is 20.1. The Morgan fingerprint density at radius 3 is 2.50 bits per heavy atom. The molecule has 358 valence electrons. The molecule has 2 aromatic heterocycles. The highest BCUT2D eigenvalue weighted by molar-refractivity contribution is 7.90. The van der Waals surface area contributed by atoms with Crippen LogP contribution in [-0.2, 0) is 37.1 Å². The first-order valence-corrected chi connectivity index (χ1v) is 23.9. The van der Waals surface area contributed by atoms with Crippen LogP contribution in [0.5, 0.6) is 11.5 Å². The van der Waals surface area contributed by atoms with Gasteiger partial charge in [-0.2, -0.15) is 23.1 Å². The molecule has 0 saturated carbocycles. The summed E-state index contributed by atoms with van der Waals surface area (Å²) in [7, 11) is -0.955. The van der Waals surface area contributed by atoms with Gasteiger partial charge in [0, 0.05) is 58.5 Å². The Hall–Kier alpha value is -6.54. The van der Waals surface area contributed by atoms with E-state index in [-0.39, 0.29) is 84.2 Å². The van der Waals surface area contributed by atoms with Gasteiger partial charge < -0.3 is 14.4 Å². The van der Waals surface area contributed by atoms with Gasteiger partial charge in [-0.25, -0.2) is 18.6 Å². The largest absolute Gasteiger partial charge is 0.453 e. The van der Waals surface area contributed by atoms with Crippen molar-refractivity contribution < 1.29 is 41.1 Å². The zero-order valence-corrected chi connectivity index (χ0v) is 38.9. The van der Waals surface area contributed by atoms with E-state index in [0.717, 1.165) is 16.4 Å². The molecule has 4 fully saturated rings. The number of anilines is 2. The summed E-state index contributed by atoms with van der Waals surface area (Å²) in [5.41, 5.74) is -0.714. The molecule has 4 saturated heterocycles. The van der Waals surface area contributed by atoms with Gasteiger partial charge in [-0.05, 0) is 99.6 Å². The molecule has 22 heteroatoms. The van der Waals surface area contributed by atoms with Gasteiger partial charge in [0.1, 0.15) is 23.2 Å². The van der Waals surface area contributed by atoms with E-state index in [1.165, 1.54) is 47.1 Å². The number of aromatic nitrogens is 4. The van der Waals surface area contributed by atoms with E-state index in [4.69, 9.17) is 9.47 Å². The molecule has 5 aromatic rings. The first-order valence-electron chi connectivity index (χ1n) is 22.5. The van der Waals surface area contributed by atoms with Gasteiger partial charge in [0.25, 0.3) is 5.56 Å². The van der Waals surface area contributed by atoms with Crippen LogP contribution in [0.25, 0.3) is 21.8 Å². The Morgan fingerprint density at radius 1 is 1.04 bits per heavy atom. The maximum Gasteiger partial charge on any atom is 0.329 e. The highest BCUT2D eigenvalue weighted by Gasteiger charge is 2.50. The van der Waals surface area contributed by atoms with E-state index in [9.17, 15) is 32.9 Å². The number of urea groups is 1. The van der Waals surface area contributed by atoms with Crippen LogP contribution in [0.15, 0.2) is 53.6 Å². The number of amides is 4. The van der Waals surface area contributed by atoms with Crippen molar-refractivity contribution in [3.8, 4) is 17.6 Å². The number of nitriles is 1. The van der Waals surface area contributed by atoms with Crippen molar-refractivity contribution >= 4 is 61.4 Å². The van der Waals surface area contributed by atoms with Crippen molar-refractivity contribution in [2.75, 3.05) is 69.1 Å². The molecule has 19 nitrogen and oxygen atoms in total. The lowest BCUT2D eigenvalue weighted by molar-refractivity contribution is -0.137. The Morgan fingerprint density at radius 2 is 1.79 bits per heavy atom. The van der Waals surface area contributed by atoms with Gasteiger partial charge in [-0.15, -0.1) is 0 Å². The molecule has 1 unspecified atom stereocenters. The average molecular weight is 956 g/mol. The SMILES string of the molecule is CCN(C)S(=O)(=O)Nc1ccc(F)c(Oc2ccc3ncn(C4(C)COC5(CCN(C(=O)CN6CCC(c7cc8c(cc7F)c(N7CCC(=O)NC7=O)nn8C)CC6)CC5)C4)c(=O)c3c2)c1C#N. The second kappa shape index (κ2) is 17.8. The zero-order chi connectivity index (χ0) is 48.3. The topological polar surface area (TPSA) is 217 Å². The fraction of sp³-hybridized carbons (Fsp3) is 0.457. The van der Waals surface area contributed by atoms with Gasteiger partial charge in [0.05, 0.1) is 52.7 Å². The number of ether oxygens (including phenoxy) is 2. The molecular formula is C46H51F2N11O8S. The van der Waals surface area contributed by atoms with E-state index in [2.05, 4.69) is 25.0 Å². The third kappa shape index (κ3) is 8.63. The van der Waals surface area contributed by atoms with Gasteiger partial charge >= 0.3 is 16.2 Å². The van der Waals surface area contributed by atoms with Crippen molar-refractivity contribution in [3.05, 3.63) is 81.9 Å². The van der Waals surface area contributed by atoms with Crippen LogP contribution in [0, 0.1) is 23.0 Å². The number of hydrogen-bond donors (Lipinski definition) is 2. The molecule has 0 bridgehead atoms. The van der Waals surface area contributed by atoms with Crippen molar-refractivity contribution in [1.29, 1.82) is 5.26 Å². The number of aryl methyl sites for hydroxylation is 1. The number of piperidine rings is 2. The number of likely N-dealkylation sites (tertiary alicyclic amines) is 2. The number of rotatable bonds is 11. The minimum Gasteiger partial charge on any atom is -0.453 e. The minimum absolute atomic E-state index is 0.00406.